The van der Waals surface area contributed by atoms with Crippen LogP contribution < -0.4 is 10.6 Å². The summed E-state index contributed by atoms with van der Waals surface area (Å²) in [5, 5.41) is 6.12. The van der Waals surface area contributed by atoms with E-state index in [0.717, 1.165) is 36.2 Å². The Hall–Kier alpha value is -2.20. The number of pyridine rings is 1. The fourth-order valence-corrected chi connectivity index (χ4v) is 2.42. The van der Waals surface area contributed by atoms with Gasteiger partial charge in [0.1, 0.15) is 0 Å². The van der Waals surface area contributed by atoms with Crippen molar-refractivity contribution in [1.29, 1.82) is 0 Å². The second kappa shape index (κ2) is 5.84. The van der Waals surface area contributed by atoms with Gasteiger partial charge in [0.2, 0.25) is 5.91 Å². The summed E-state index contributed by atoms with van der Waals surface area (Å²) in [6.45, 7) is 1.56. The molecule has 1 fully saturated rings. The molecule has 20 heavy (non-hydrogen) atoms. The Labute approximate surface area is 118 Å². The molecule has 0 spiro atoms. The molecule has 3 rings (SSSR count). The molecule has 2 N–H and O–H groups in total. The summed E-state index contributed by atoms with van der Waals surface area (Å²) in [6.07, 6.45) is 4.34. The van der Waals surface area contributed by atoms with Gasteiger partial charge in [-0.2, -0.15) is 0 Å². The summed E-state index contributed by atoms with van der Waals surface area (Å²) in [6, 6.07) is 12.2. The van der Waals surface area contributed by atoms with Gasteiger partial charge in [-0.25, -0.2) is 0 Å². The minimum absolute atomic E-state index is 0.0904. The highest BCUT2D eigenvalue weighted by Gasteiger charge is 2.21. The molecular formula is C16H17N3O. The van der Waals surface area contributed by atoms with Crippen molar-refractivity contribution in [3.63, 3.8) is 0 Å². The van der Waals surface area contributed by atoms with Crippen LogP contribution in [0.2, 0.25) is 0 Å². The maximum absolute atomic E-state index is 11.7. The standard InChI is InChI=1S/C16H17N3O/c20-16-15(18-8-9-19-16)10-12-3-5-13(6-4-12)14-2-1-7-17-11-14/h1-7,11,15,18H,8-10H2,(H,19,20)/t15-/m1/s1. The molecule has 0 saturated carbocycles. The molecule has 1 amide bonds. The van der Waals surface area contributed by atoms with Gasteiger partial charge in [-0.15, -0.1) is 0 Å². The molecule has 1 aromatic carbocycles. The number of aromatic nitrogens is 1. The fourth-order valence-electron chi connectivity index (χ4n) is 2.42. The van der Waals surface area contributed by atoms with Crippen molar-refractivity contribution in [1.82, 2.24) is 15.6 Å². The Kier molecular flexibility index (Phi) is 3.74. The minimum Gasteiger partial charge on any atom is -0.353 e. The Morgan fingerprint density at radius 1 is 1.10 bits per heavy atom. The van der Waals surface area contributed by atoms with Crippen LogP contribution in [0, 0.1) is 0 Å². The largest absolute Gasteiger partial charge is 0.353 e. The van der Waals surface area contributed by atoms with Crippen molar-refractivity contribution in [2.45, 2.75) is 12.5 Å². The first-order valence-corrected chi connectivity index (χ1v) is 6.83. The zero-order chi connectivity index (χ0) is 13.8. The Morgan fingerprint density at radius 3 is 2.65 bits per heavy atom. The first-order valence-electron chi connectivity index (χ1n) is 6.83. The predicted molar refractivity (Wildman–Crippen MR) is 78.2 cm³/mol. The van der Waals surface area contributed by atoms with Gasteiger partial charge in [-0.3, -0.25) is 9.78 Å². The molecule has 1 aliphatic heterocycles. The number of benzene rings is 1. The van der Waals surface area contributed by atoms with Gasteiger partial charge in [0.15, 0.2) is 0 Å². The van der Waals surface area contributed by atoms with E-state index in [0.29, 0.717) is 0 Å². The lowest BCUT2D eigenvalue weighted by atomic mass is 10.0. The normalized spacial score (nSPS) is 18.6. The van der Waals surface area contributed by atoms with E-state index in [-0.39, 0.29) is 11.9 Å². The van der Waals surface area contributed by atoms with E-state index in [1.165, 1.54) is 0 Å². The summed E-state index contributed by atoms with van der Waals surface area (Å²) in [4.78, 5) is 15.8. The maximum atomic E-state index is 11.7. The van der Waals surface area contributed by atoms with Gasteiger partial charge in [-0.05, 0) is 29.2 Å². The summed E-state index contributed by atoms with van der Waals surface area (Å²) in [5.74, 6) is 0.0904. The van der Waals surface area contributed by atoms with Crippen molar-refractivity contribution in [2.24, 2.45) is 0 Å². The predicted octanol–water partition coefficient (Wildman–Crippen LogP) is 1.38. The van der Waals surface area contributed by atoms with Gasteiger partial charge in [0.05, 0.1) is 6.04 Å². The number of rotatable bonds is 3. The number of nitrogens with zero attached hydrogens (tertiary/aromatic N) is 1. The van der Waals surface area contributed by atoms with Crippen LogP contribution in [0.25, 0.3) is 11.1 Å². The second-order valence-electron chi connectivity index (χ2n) is 4.94. The zero-order valence-electron chi connectivity index (χ0n) is 11.2. The van der Waals surface area contributed by atoms with Gasteiger partial charge in [-0.1, -0.05) is 30.3 Å². The van der Waals surface area contributed by atoms with Crippen LogP contribution in [-0.2, 0) is 11.2 Å². The lowest BCUT2D eigenvalue weighted by molar-refractivity contribution is -0.124. The van der Waals surface area contributed by atoms with Crippen LogP contribution in [0.15, 0.2) is 48.8 Å². The minimum atomic E-state index is -0.118. The molecule has 1 aromatic heterocycles. The number of amides is 1. The molecule has 1 aliphatic rings. The summed E-state index contributed by atoms with van der Waals surface area (Å²) in [7, 11) is 0. The molecule has 0 aliphatic carbocycles. The Morgan fingerprint density at radius 2 is 1.95 bits per heavy atom. The third-order valence-corrected chi connectivity index (χ3v) is 3.52. The second-order valence-corrected chi connectivity index (χ2v) is 4.94. The number of piperazine rings is 1. The first-order chi connectivity index (χ1) is 9.83. The molecule has 1 atom stereocenters. The SMILES string of the molecule is O=C1NCCN[C@@H]1Cc1ccc(-c2cccnc2)cc1. The van der Waals surface area contributed by atoms with Crippen LogP contribution in [0.5, 0.6) is 0 Å². The van der Waals surface area contributed by atoms with E-state index in [2.05, 4.69) is 39.9 Å². The fraction of sp³-hybridized carbons (Fsp3) is 0.250. The van der Waals surface area contributed by atoms with Crippen LogP contribution in [0.4, 0.5) is 0 Å². The highest BCUT2D eigenvalue weighted by Crippen LogP contribution is 2.19. The van der Waals surface area contributed by atoms with Crippen molar-refractivity contribution in [3.05, 3.63) is 54.4 Å². The lowest BCUT2D eigenvalue weighted by Crippen LogP contribution is -2.53. The van der Waals surface area contributed by atoms with Crippen LogP contribution in [0.1, 0.15) is 5.56 Å². The van der Waals surface area contributed by atoms with Gasteiger partial charge >= 0.3 is 0 Å². The Balaban J connectivity index is 1.72. The van der Waals surface area contributed by atoms with E-state index < -0.39 is 0 Å². The number of nitrogens with one attached hydrogen (secondary N) is 2. The summed E-state index contributed by atoms with van der Waals surface area (Å²) in [5.41, 5.74) is 3.41. The average Bonchev–Trinajstić information content (AvgIpc) is 2.51. The van der Waals surface area contributed by atoms with Crippen molar-refractivity contribution >= 4 is 5.91 Å². The maximum Gasteiger partial charge on any atom is 0.237 e. The number of carbonyl (C=O) groups is 1. The molecule has 0 bridgehead atoms. The van der Waals surface area contributed by atoms with Gasteiger partial charge in [0.25, 0.3) is 0 Å². The van der Waals surface area contributed by atoms with Crippen molar-refractivity contribution < 1.29 is 4.79 Å². The van der Waals surface area contributed by atoms with E-state index in [1.54, 1.807) is 6.20 Å². The quantitative estimate of drug-likeness (QED) is 0.883. The third kappa shape index (κ3) is 2.86. The van der Waals surface area contributed by atoms with Crippen molar-refractivity contribution in [2.75, 3.05) is 13.1 Å². The smallest absolute Gasteiger partial charge is 0.237 e. The lowest BCUT2D eigenvalue weighted by Gasteiger charge is -2.23. The Bertz CT molecular complexity index is 580. The van der Waals surface area contributed by atoms with E-state index in [4.69, 9.17) is 0 Å². The average molecular weight is 267 g/mol. The van der Waals surface area contributed by atoms with Crippen LogP contribution >= 0.6 is 0 Å². The summed E-state index contributed by atoms with van der Waals surface area (Å²) < 4.78 is 0. The topological polar surface area (TPSA) is 54.0 Å². The van der Waals surface area contributed by atoms with Gasteiger partial charge < -0.3 is 10.6 Å². The zero-order valence-corrected chi connectivity index (χ0v) is 11.2. The molecule has 102 valence electrons. The van der Waals surface area contributed by atoms with Crippen LogP contribution in [-0.4, -0.2) is 30.0 Å². The molecule has 0 radical (unpaired) electrons. The third-order valence-electron chi connectivity index (χ3n) is 3.52. The van der Waals surface area contributed by atoms with Gasteiger partial charge in [0, 0.05) is 25.5 Å². The monoisotopic (exact) mass is 267 g/mol. The molecule has 4 heteroatoms. The van der Waals surface area contributed by atoms with E-state index in [9.17, 15) is 4.79 Å². The number of carbonyl (C=O) groups excluding carboxylic acids is 1. The molecular weight excluding hydrogens is 250 g/mol. The van der Waals surface area contributed by atoms with Crippen molar-refractivity contribution in [3.8, 4) is 11.1 Å². The molecule has 0 unspecified atom stereocenters. The molecule has 2 heterocycles. The number of hydrogen-bond donors (Lipinski definition) is 2. The number of hydrogen-bond acceptors (Lipinski definition) is 3. The summed E-state index contributed by atoms with van der Waals surface area (Å²) >= 11 is 0. The van der Waals surface area contributed by atoms with Crippen LogP contribution in [0.3, 0.4) is 0 Å². The van der Waals surface area contributed by atoms with E-state index in [1.807, 2.05) is 18.3 Å². The first kappa shape index (κ1) is 12.8. The molecule has 4 nitrogen and oxygen atoms in total. The highest BCUT2D eigenvalue weighted by molar-refractivity contribution is 5.82. The highest BCUT2D eigenvalue weighted by atomic mass is 16.2. The molecule has 2 aromatic rings. The van der Waals surface area contributed by atoms with E-state index >= 15 is 0 Å². The molecule has 1 saturated heterocycles.